The molecule has 0 atom stereocenters. The van der Waals surface area contributed by atoms with Crippen molar-refractivity contribution in [3.05, 3.63) is 53.7 Å². The Balaban J connectivity index is 1.55. The van der Waals surface area contributed by atoms with E-state index in [4.69, 9.17) is 4.74 Å². The first kappa shape index (κ1) is 15.6. The molecule has 4 rings (SSSR count). The second-order valence-electron chi connectivity index (χ2n) is 5.84. The van der Waals surface area contributed by atoms with Crippen LogP contribution < -0.4 is 4.74 Å². The van der Waals surface area contributed by atoms with Crippen LogP contribution in [0.5, 0.6) is 5.88 Å². The van der Waals surface area contributed by atoms with Gasteiger partial charge in [-0.25, -0.2) is 9.97 Å². The highest BCUT2D eigenvalue weighted by atomic mass is 16.5. The zero-order valence-electron chi connectivity index (χ0n) is 14.0. The zero-order chi connectivity index (χ0) is 17.1. The van der Waals surface area contributed by atoms with E-state index in [-0.39, 0.29) is 0 Å². The summed E-state index contributed by atoms with van der Waals surface area (Å²) in [5.74, 6) is 1.49. The van der Waals surface area contributed by atoms with Gasteiger partial charge in [0.25, 0.3) is 0 Å². The fourth-order valence-corrected chi connectivity index (χ4v) is 3.04. The van der Waals surface area contributed by atoms with E-state index in [1.807, 2.05) is 37.3 Å². The average Bonchev–Trinajstić information content (AvgIpc) is 3.11. The third-order valence-corrected chi connectivity index (χ3v) is 4.22. The standard InChI is InChI=1S/C17H19N7O/c1-2-25-17-14-10-23(9-8-15(14)18-12-19-17)11-16-20-21-22-24(16)13-6-4-3-5-7-13/h3-7,12H,2,8-11H2,1H3. The van der Waals surface area contributed by atoms with Crippen molar-refractivity contribution >= 4 is 0 Å². The third-order valence-electron chi connectivity index (χ3n) is 4.22. The molecule has 0 amide bonds. The van der Waals surface area contributed by atoms with Gasteiger partial charge in [0.1, 0.15) is 6.33 Å². The minimum atomic E-state index is 0.593. The van der Waals surface area contributed by atoms with E-state index in [0.717, 1.165) is 42.3 Å². The predicted octanol–water partition coefficient (Wildman–Crippen LogP) is 1.41. The second-order valence-corrected chi connectivity index (χ2v) is 5.84. The van der Waals surface area contributed by atoms with Crippen molar-refractivity contribution < 1.29 is 4.74 Å². The van der Waals surface area contributed by atoms with E-state index >= 15 is 0 Å². The molecule has 0 bridgehead atoms. The number of ether oxygens (including phenoxy) is 1. The van der Waals surface area contributed by atoms with Crippen LogP contribution >= 0.6 is 0 Å². The fourth-order valence-electron chi connectivity index (χ4n) is 3.04. The molecular formula is C17H19N7O. The van der Waals surface area contributed by atoms with Crippen LogP contribution in [0.15, 0.2) is 36.7 Å². The van der Waals surface area contributed by atoms with Gasteiger partial charge in [0.15, 0.2) is 5.82 Å². The number of benzene rings is 1. The minimum absolute atomic E-state index is 0.593. The fraction of sp³-hybridized carbons (Fsp3) is 0.353. The van der Waals surface area contributed by atoms with Crippen LogP contribution in [-0.4, -0.2) is 48.2 Å². The van der Waals surface area contributed by atoms with Crippen LogP contribution in [0.2, 0.25) is 0 Å². The van der Waals surface area contributed by atoms with Gasteiger partial charge in [0.2, 0.25) is 5.88 Å². The largest absolute Gasteiger partial charge is 0.478 e. The van der Waals surface area contributed by atoms with Gasteiger partial charge in [0, 0.05) is 25.1 Å². The summed E-state index contributed by atoms with van der Waals surface area (Å²) in [5, 5.41) is 12.2. The molecule has 1 aromatic carbocycles. The summed E-state index contributed by atoms with van der Waals surface area (Å²) in [6.07, 6.45) is 2.44. The van der Waals surface area contributed by atoms with E-state index in [0.29, 0.717) is 19.0 Å². The number of para-hydroxylation sites is 1. The highest BCUT2D eigenvalue weighted by Crippen LogP contribution is 2.25. The van der Waals surface area contributed by atoms with E-state index < -0.39 is 0 Å². The molecule has 2 aromatic heterocycles. The summed E-state index contributed by atoms with van der Waals surface area (Å²) >= 11 is 0. The molecule has 1 aliphatic rings. The summed E-state index contributed by atoms with van der Waals surface area (Å²) in [7, 11) is 0. The molecule has 3 aromatic rings. The molecule has 3 heterocycles. The van der Waals surface area contributed by atoms with Gasteiger partial charge >= 0.3 is 0 Å². The van der Waals surface area contributed by atoms with Crippen LogP contribution in [-0.2, 0) is 19.5 Å². The quantitative estimate of drug-likeness (QED) is 0.696. The number of rotatable bonds is 5. The molecular weight excluding hydrogens is 318 g/mol. The maximum Gasteiger partial charge on any atom is 0.221 e. The van der Waals surface area contributed by atoms with Gasteiger partial charge in [-0.3, -0.25) is 4.90 Å². The van der Waals surface area contributed by atoms with Crippen molar-refractivity contribution in [1.29, 1.82) is 0 Å². The highest BCUT2D eigenvalue weighted by molar-refractivity contribution is 5.32. The van der Waals surface area contributed by atoms with E-state index in [1.54, 1.807) is 11.0 Å². The Bertz CT molecular complexity index is 849. The van der Waals surface area contributed by atoms with Crippen molar-refractivity contribution in [1.82, 2.24) is 35.1 Å². The summed E-state index contributed by atoms with van der Waals surface area (Å²) in [4.78, 5) is 11.0. The SMILES string of the molecule is CCOc1ncnc2c1CN(Cc1nnnn1-c1ccccc1)CC2. The van der Waals surface area contributed by atoms with Gasteiger partial charge in [-0.05, 0) is 29.5 Å². The lowest BCUT2D eigenvalue weighted by Gasteiger charge is -2.28. The maximum atomic E-state index is 5.66. The Labute approximate surface area is 145 Å². The number of hydrogen-bond donors (Lipinski definition) is 0. The first-order chi connectivity index (χ1) is 12.3. The predicted molar refractivity (Wildman–Crippen MR) is 90.2 cm³/mol. The van der Waals surface area contributed by atoms with Gasteiger partial charge in [-0.15, -0.1) is 5.10 Å². The normalized spacial score (nSPS) is 14.3. The van der Waals surface area contributed by atoms with Crippen LogP contribution in [0.4, 0.5) is 0 Å². The molecule has 0 unspecified atom stereocenters. The Morgan fingerprint density at radius 3 is 2.88 bits per heavy atom. The number of hydrogen-bond acceptors (Lipinski definition) is 7. The zero-order valence-corrected chi connectivity index (χ0v) is 14.0. The number of aromatic nitrogens is 6. The van der Waals surface area contributed by atoms with Crippen molar-refractivity contribution in [3.8, 4) is 11.6 Å². The Kier molecular flexibility index (Phi) is 4.34. The molecule has 8 nitrogen and oxygen atoms in total. The number of tetrazole rings is 1. The third kappa shape index (κ3) is 3.20. The molecule has 128 valence electrons. The van der Waals surface area contributed by atoms with E-state index in [2.05, 4.69) is 30.4 Å². The molecule has 25 heavy (non-hydrogen) atoms. The molecule has 8 heteroatoms. The van der Waals surface area contributed by atoms with Gasteiger partial charge in [0.05, 0.1) is 24.5 Å². The van der Waals surface area contributed by atoms with Crippen LogP contribution in [0.25, 0.3) is 5.69 Å². The molecule has 0 aliphatic carbocycles. The van der Waals surface area contributed by atoms with E-state index in [1.165, 1.54) is 0 Å². The summed E-state index contributed by atoms with van der Waals surface area (Å²) in [6, 6.07) is 9.91. The highest BCUT2D eigenvalue weighted by Gasteiger charge is 2.23. The summed E-state index contributed by atoms with van der Waals surface area (Å²) < 4.78 is 7.44. The van der Waals surface area contributed by atoms with Crippen molar-refractivity contribution in [3.63, 3.8) is 0 Å². The first-order valence-corrected chi connectivity index (χ1v) is 8.35. The Hall–Kier alpha value is -2.87. The Morgan fingerprint density at radius 1 is 1.16 bits per heavy atom. The lowest BCUT2D eigenvalue weighted by molar-refractivity contribution is 0.225. The van der Waals surface area contributed by atoms with Crippen LogP contribution in [0, 0.1) is 0 Å². The smallest absolute Gasteiger partial charge is 0.221 e. The van der Waals surface area contributed by atoms with E-state index in [9.17, 15) is 0 Å². The molecule has 0 saturated heterocycles. The summed E-state index contributed by atoms with van der Waals surface area (Å²) in [6.45, 7) is 4.84. The van der Waals surface area contributed by atoms with Crippen LogP contribution in [0.3, 0.4) is 0 Å². The molecule has 0 fully saturated rings. The molecule has 0 radical (unpaired) electrons. The van der Waals surface area contributed by atoms with Crippen LogP contribution in [0.1, 0.15) is 24.0 Å². The van der Waals surface area contributed by atoms with Crippen molar-refractivity contribution in [2.75, 3.05) is 13.2 Å². The van der Waals surface area contributed by atoms with Gasteiger partial charge < -0.3 is 4.74 Å². The number of nitrogens with zero attached hydrogens (tertiary/aromatic N) is 7. The number of fused-ring (bicyclic) bond motifs is 1. The van der Waals surface area contributed by atoms with Gasteiger partial charge in [-0.2, -0.15) is 4.68 Å². The molecule has 0 N–H and O–H groups in total. The molecule has 0 saturated carbocycles. The molecule has 0 spiro atoms. The van der Waals surface area contributed by atoms with Crippen molar-refractivity contribution in [2.45, 2.75) is 26.4 Å². The second kappa shape index (κ2) is 6.94. The van der Waals surface area contributed by atoms with Gasteiger partial charge in [-0.1, -0.05) is 18.2 Å². The van der Waals surface area contributed by atoms with Crippen molar-refractivity contribution in [2.24, 2.45) is 0 Å². The lowest BCUT2D eigenvalue weighted by atomic mass is 10.1. The average molecular weight is 337 g/mol. The Morgan fingerprint density at radius 2 is 2.04 bits per heavy atom. The summed E-state index contributed by atoms with van der Waals surface area (Å²) in [5.41, 5.74) is 3.09. The maximum absolute atomic E-state index is 5.66. The lowest BCUT2D eigenvalue weighted by Crippen LogP contribution is -2.32. The molecule has 1 aliphatic heterocycles. The minimum Gasteiger partial charge on any atom is -0.478 e. The first-order valence-electron chi connectivity index (χ1n) is 8.35. The topological polar surface area (TPSA) is 81.8 Å². The monoisotopic (exact) mass is 337 g/mol.